The number of aliphatic hydroxyl groups excluding tert-OH is 2. The minimum atomic E-state index is -0.356. The average molecular weight is 429 g/mol. The van der Waals surface area contributed by atoms with E-state index < -0.39 is 0 Å². The third-order valence-corrected chi connectivity index (χ3v) is 11.0. The molecule has 6 unspecified atom stereocenters. The highest BCUT2D eigenvalue weighted by molar-refractivity contribution is 5.29. The second-order valence-electron chi connectivity index (χ2n) is 12.5. The molecule has 0 aliphatic heterocycles. The van der Waals surface area contributed by atoms with Crippen LogP contribution >= 0.6 is 0 Å². The van der Waals surface area contributed by atoms with E-state index in [1.165, 1.54) is 56.1 Å². The number of aliphatic hydroxyl groups is 2. The standard InChI is InChI=1S/C29H48O2/c1-7-20(18(2)3)9-8-19(4)23-10-11-24-22-17-27(31)26-16-21(30)12-14-29(26,6)25(22)13-15-28(23,24)5/h16,19-25,27,30-31H,2,7-15,17H2,1,3-6H3/t19-,20+,21?,22?,23?,24?,25?,27?,28-,29-/m1/s1. The number of hydrogen-bond donors (Lipinski definition) is 2. The quantitative estimate of drug-likeness (QED) is 0.451. The van der Waals surface area contributed by atoms with Crippen LogP contribution in [0.3, 0.4) is 0 Å². The molecule has 0 aromatic carbocycles. The Kier molecular flexibility index (Phi) is 6.56. The predicted octanol–water partition coefficient (Wildman–Crippen LogP) is 6.92. The molecule has 0 aromatic heterocycles. The third-order valence-electron chi connectivity index (χ3n) is 11.0. The van der Waals surface area contributed by atoms with Crippen molar-refractivity contribution >= 4 is 0 Å². The van der Waals surface area contributed by atoms with Crippen molar-refractivity contribution in [3.05, 3.63) is 23.8 Å². The van der Waals surface area contributed by atoms with Crippen LogP contribution in [0.15, 0.2) is 23.8 Å². The molecule has 0 heterocycles. The molecule has 4 aliphatic rings. The van der Waals surface area contributed by atoms with Crippen molar-refractivity contribution < 1.29 is 10.2 Å². The summed E-state index contributed by atoms with van der Waals surface area (Å²) in [6.07, 6.45) is 13.4. The van der Waals surface area contributed by atoms with Crippen molar-refractivity contribution in [2.75, 3.05) is 0 Å². The Balaban J connectivity index is 1.51. The van der Waals surface area contributed by atoms with Crippen molar-refractivity contribution in [1.82, 2.24) is 0 Å². The fourth-order valence-electron chi connectivity index (χ4n) is 9.20. The summed E-state index contributed by atoms with van der Waals surface area (Å²) in [5.41, 5.74) is 3.07. The molecule has 2 nitrogen and oxygen atoms in total. The second-order valence-corrected chi connectivity index (χ2v) is 12.5. The van der Waals surface area contributed by atoms with E-state index in [-0.39, 0.29) is 17.6 Å². The van der Waals surface area contributed by atoms with Gasteiger partial charge in [0.1, 0.15) is 0 Å². The van der Waals surface area contributed by atoms with E-state index in [9.17, 15) is 10.2 Å². The van der Waals surface area contributed by atoms with Crippen LogP contribution in [0.25, 0.3) is 0 Å². The summed E-state index contributed by atoms with van der Waals surface area (Å²) in [6, 6.07) is 0. The predicted molar refractivity (Wildman–Crippen MR) is 130 cm³/mol. The highest BCUT2D eigenvalue weighted by Gasteiger charge is 2.60. The van der Waals surface area contributed by atoms with Gasteiger partial charge < -0.3 is 10.2 Å². The minimum absolute atomic E-state index is 0.0996. The van der Waals surface area contributed by atoms with E-state index in [1.807, 2.05) is 6.08 Å². The Morgan fingerprint density at radius 1 is 1.10 bits per heavy atom. The van der Waals surface area contributed by atoms with Gasteiger partial charge in [0.05, 0.1) is 12.2 Å². The van der Waals surface area contributed by atoms with Gasteiger partial charge in [-0.15, -0.1) is 0 Å². The van der Waals surface area contributed by atoms with Gasteiger partial charge in [-0.25, -0.2) is 0 Å². The van der Waals surface area contributed by atoms with Crippen molar-refractivity contribution in [3.8, 4) is 0 Å². The topological polar surface area (TPSA) is 40.5 Å². The molecule has 0 amide bonds. The van der Waals surface area contributed by atoms with Gasteiger partial charge in [0.15, 0.2) is 0 Å². The maximum atomic E-state index is 11.1. The van der Waals surface area contributed by atoms with E-state index in [0.29, 0.717) is 23.2 Å². The zero-order valence-electron chi connectivity index (χ0n) is 20.9. The molecule has 4 rings (SSSR count). The Labute approximate surface area is 191 Å². The highest BCUT2D eigenvalue weighted by Crippen LogP contribution is 2.67. The van der Waals surface area contributed by atoms with Crippen molar-refractivity contribution in [2.45, 2.75) is 111 Å². The minimum Gasteiger partial charge on any atom is -0.389 e. The molecule has 31 heavy (non-hydrogen) atoms. The molecule has 4 aliphatic carbocycles. The Hall–Kier alpha value is -0.600. The summed E-state index contributed by atoms with van der Waals surface area (Å²) < 4.78 is 0. The van der Waals surface area contributed by atoms with Crippen LogP contribution in [0.2, 0.25) is 0 Å². The first-order valence-electron chi connectivity index (χ1n) is 13.4. The molecule has 2 N–H and O–H groups in total. The largest absolute Gasteiger partial charge is 0.389 e. The molecule has 10 atom stereocenters. The highest BCUT2D eigenvalue weighted by atomic mass is 16.3. The first-order chi connectivity index (χ1) is 14.6. The lowest BCUT2D eigenvalue weighted by Crippen LogP contribution is -2.54. The summed E-state index contributed by atoms with van der Waals surface area (Å²) in [7, 11) is 0. The third kappa shape index (κ3) is 3.88. The number of fused-ring (bicyclic) bond motifs is 5. The van der Waals surface area contributed by atoms with Gasteiger partial charge >= 0.3 is 0 Å². The zero-order chi connectivity index (χ0) is 22.6. The van der Waals surface area contributed by atoms with Crippen LogP contribution in [-0.2, 0) is 0 Å². The summed E-state index contributed by atoms with van der Waals surface area (Å²) in [6.45, 7) is 16.3. The lowest BCUT2D eigenvalue weighted by atomic mass is 9.46. The van der Waals surface area contributed by atoms with E-state index in [0.717, 1.165) is 37.0 Å². The van der Waals surface area contributed by atoms with Crippen molar-refractivity contribution in [1.29, 1.82) is 0 Å². The zero-order valence-corrected chi connectivity index (χ0v) is 20.9. The van der Waals surface area contributed by atoms with Gasteiger partial charge in [-0.1, -0.05) is 45.9 Å². The van der Waals surface area contributed by atoms with Crippen LogP contribution in [0.5, 0.6) is 0 Å². The van der Waals surface area contributed by atoms with Gasteiger partial charge in [0.25, 0.3) is 0 Å². The maximum absolute atomic E-state index is 11.1. The van der Waals surface area contributed by atoms with Gasteiger partial charge in [-0.2, -0.15) is 0 Å². The van der Waals surface area contributed by atoms with Crippen LogP contribution in [0, 0.1) is 46.3 Å². The lowest BCUT2D eigenvalue weighted by Gasteiger charge is -2.60. The molecule has 0 bridgehead atoms. The van der Waals surface area contributed by atoms with Crippen LogP contribution in [0.4, 0.5) is 0 Å². The molecule has 0 spiro atoms. The van der Waals surface area contributed by atoms with E-state index >= 15 is 0 Å². The Morgan fingerprint density at radius 2 is 1.84 bits per heavy atom. The van der Waals surface area contributed by atoms with Gasteiger partial charge in [0.2, 0.25) is 0 Å². The number of hydrogen-bond acceptors (Lipinski definition) is 2. The average Bonchev–Trinajstić information content (AvgIpc) is 3.07. The molecule has 176 valence electrons. The number of allylic oxidation sites excluding steroid dienone is 1. The van der Waals surface area contributed by atoms with Crippen LogP contribution in [-0.4, -0.2) is 22.4 Å². The van der Waals surface area contributed by atoms with Crippen molar-refractivity contribution in [3.63, 3.8) is 0 Å². The normalized spacial score (nSPS) is 46.4. The van der Waals surface area contributed by atoms with Crippen LogP contribution in [0.1, 0.15) is 98.8 Å². The smallest absolute Gasteiger partial charge is 0.0759 e. The number of rotatable bonds is 6. The molecule has 2 heteroatoms. The fourth-order valence-corrected chi connectivity index (χ4v) is 9.20. The first-order valence-corrected chi connectivity index (χ1v) is 13.4. The maximum Gasteiger partial charge on any atom is 0.0759 e. The summed E-state index contributed by atoms with van der Waals surface area (Å²) in [5, 5.41) is 21.4. The lowest BCUT2D eigenvalue weighted by molar-refractivity contribution is -0.0874. The first kappa shape index (κ1) is 23.6. The molecular weight excluding hydrogens is 380 g/mol. The van der Waals surface area contributed by atoms with Crippen LogP contribution < -0.4 is 0 Å². The molecule has 3 saturated carbocycles. The van der Waals surface area contributed by atoms with E-state index in [2.05, 4.69) is 41.2 Å². The summed E-state index contributed by atoms with van der Waals surface area (Å²) in [4.78, 5) is 0. The Bertz CT molecular complexity index is 710. The SMILES string of the molecule is C=C(C)[C@@H](CC)CC[C@@H](C)C1CCC2C3CC(O)C4=CC(O)CC[C@]4(C)C3CC[C@@]21C. The summed E-state index contributed by atoms with van der Waals surface area (Å²) >= 11 is 0. The van der Waals surface area contributed by atoms with E-state index in [4.69, 9.17) is 0 Å². The Morgan fingerprint density at radius 3 is 2.52 bits per heavy atom. The van der Waals surface area contributed by atoms with Gasteiger partial charge in [-0.3, -0.25) is 0 Å². The monoisotopic (exact) mass is 428 g/mol. The van der Waals surface area contributed by atoms with Gasteiger partial charge in [-0.05, 0) is 123 Å². The van der Waals surface area contributed by atoms with Crippen molar-refractivity contribution in [2.24, 2.45) is 46.3 Å². The molecular formula is C29H48O2. The second kappa shape index (κ2) is 8.64. The molecule has 0 radical (unpaired) electrons. The summed E-state index contributed by atoms with van der Waals surface area (Å²) in [5.74, 6) is 4.41. The molecule has 0 saturated heterocycles. The molecule has 0 aromatic rings. The van der Waals surface area contributed by atoms with E-state index in [1.54, 1.807) is 0 Å². The molecule has 3 fully saturated rings. The van der Waals surface area contributed by atoms with Gasteiger partial charge in [0, 0.05) is 0 Å². The fraction of sp³-hybridized carbons (Fsp3) is 0.862.